The summed E-state index contributed by atoms with van der Waals surface area (Å²) >= 11 is 0. The number of fused-ring (bicyclic) bond motifs is 1. The summed E-state index contributed by atoms with van der Waals surface area (Å²) in [6.45, 7) is 2.44. The maximum atomic E-state index is 13.1. The Morgan fingerprint density at radius 3 is 2.50 bits per heavy atom. The van der Waals surface area contributed by atoms with Crippen LogP contribution in [-0.4, -0.2) is 74.2 Å². The summed E-state index contributed by atoms with van der Waals surface area (Å²) < 4.78 is 46.0. The largest absolute Gasteiger partial charge is 0.496 e. The number of ether oxygens (including phenoxy) is 1. The fourth-order valence-corrected chi connectivity index (χ4v) is 6.34. The molecular formula is C24H28FN3O5S. The average Bonchev–Trinajstić information content (AvgIpc) is 2.85. The first kappa shape index (κ1) is 24.3. The number of rotatable bonds is 7. The van der Waals surface area contributed by atoms with Gasteiger partial charge in [0.2, 0.25) is 10.0 Å². The molecule has 2 heterocycles. The van der Waals surface area contributed by atoms with Gasteiger partial charge in [0.1, 0.15) is 17.3 Å². The summed E-state index contributed by atoms with van der Waals surface area (Å²) in [7, 11) is -2.30. The number of piperidine rings is 1. The van der Waals surface area contributed by atoms with Crippen LogP contribution in [-0.2, 0) is 10.0 Å². The van der Waals surface area contributed by atoms with Crippen LogP contribution in [0.1, 0.15) is 35.2 Å². The van der Waals surface area contributed by atoms with Crippen molar-refractivity contribution in [1.82, 2.24) is 9.21 Å². The van der Waals surface area contributed by atoms with E-state index in [0.29, 0.717) is 42.7 Å². The third kappa shape index (κ3) is 4.84. The Kier molecular flexibility index (Phi) is 7.30. The highest BCUT2D eigenvalue weighted by Gasteiger charge is 2.37. The molecule has 0 radical (unpaired) electrons. The van der Waals surface area contributed by atoms with Gasteiger partial charge >= 0.3 is 0 Å². The molecule has 2 aliphatic rings. The molecule has 0 aliphatic carbocycles. The maximum absolute atomic E-state index is 13.1. The highest BCUT2D eigenvalue weighted by Crippen LogP contribution is 2.33. The monoisotopic (exact) mass is 489 g/mol. The zero-order valence-electron chi connectivity index (χ0n) is 19.0. The predicted molar refractivity (Wildman–Crippen MR) is 125 cm³/mol. The summed E-state index contributed by atoms with van der Waals surface area (Å²) in [6, 6.07) is 10.4. The van der Waals surface area contributed by atoms with E-state index >= 15 is 0 Å². The van der Waals surface area contributed by atoms with Crippen LogP contribution in [0, 0.1) is 11.7 Å². The molecule has 0 bridgehead atoms. The van der Waals surface area contributed by atoms with Crippen molar-refractivity contribution in [2.24, 2.45) is 11.1 Å². The van der Waals surface area contributed by atoms with Crippen LogP contribution < -0.4 is 4.74 Å². The van der Waals surface area contributed by atoms with Gasteiger partial charge in [-0.15, -0.1) is 0 Å². The summed E-state index contributed by atoms with van der Waals surface area (Å²) in [6.07, 6.45) is 2.03. The Hall–Kier alpha value is -2.82. The molecule has 0 unspecified atom stereocenters. The van der Waals surface area contributed by atoms with Crippen LogP contribution in [0.3, 0.4) is 0 Å². The van der Waals surface area contributed by atoms with Gasteiger partial charge < -0.3 is 14.8 Å². The lowest BCUT2D eigenvalue weighted by Crippen LogP contribution is -2.43. The van der Waals surface area contributed by atoms with Crippen molar-refractivity contribution in [3.05, 3.63) is 59.4 Å². The molecule has 1 fully saturated rings. The molecule has 0 spiro atoms. The minimum atomic E-state index is -3.74. The molecular weight excluding hydrogens is 461 g/mol. The molecule has 4 rings (SSSR count). The Balaban J connectivity index is 1.33. The van der Waals surface area contributed by atoms with E-state index in [9.17, 15) is 22.8 Å². The lowest BCUT2D eigenvalue weighted by atomic mass is 9.89. The maximum Gasteiger partial charge on any atom is 0.244 e. The van der Waals surface area contributed by atoms with Gasteiger partial charge in [-0.2, -0.15) is 4.31 Å². The number of carbonyl (C=O) groups excluding carboxylic acids is 1. The third-order valence-corrected chi connectivity index (χ3v) is 8.42. The van der Waals surface area contributed by atoms with E-state index in [2.05, 4.69) is 10.1 Å². The number of hydrogen-bond donors (Lipinski definition) is 1. The number of oxime groups is 1. The van der Waals surface area contributed by atoms with Crippen LogP contribution in [0.5, 0.6) is 5.75 Å². The van der Waals surface area contributed by atoms with Crippen LogP contribution in [0.4, 0.5) is 4.39 Å². The quantitative estimate of drug-likeness (QED) is 0.365. The molecule has 0 atom stereocenters. The second-order valence-electron chi connectivity index (χ2n) is 8.56. The van der Waals surface area contributed by atoms with Crippen molar-refractivity contribution in [2.45, 2.75) is 24.2 Å². The van der Waals surface area contributed by atoms with Gasteiger partial charge in [-0.05, 0) is 75.3 Å². The number of ketones is 1. The number of halogens is 1. The van der Waals surface area contributed by atoms with E-state index in [0.717, 1.165) is 13.1 Å². The van der Waals surface area contributed by atoms with Crippen LogP contribution in [0.2, 0.25) is 0 Å². The molecule has 10 heteroatoms. The smallest absolute Gasteiger partial charge is 0.244 e. The number of sulfonamides is 1. The number of hydrogen-bond acceptors (Lipinski definition) is 7. The SMILES string of the molecule is COc1cccc2c1C(=NO)CN(CCCN1CCC(C(=O)c3ccc(F)cc3)CC1)S2(=O)=O. The fraction of sp³-hybridized carbons (Fsp3) is 0.417. The second-order valence-corrected chi connectivity index (χ2v) is 10.5. The second kappa shape index (κ2) is 10.2. The van der Waals surface area contributed by atoms with Crippen molar-refractivity contribution in [3.8, 4) is 5.75 Å². The molecule has 2 aromatic carbocycles. The molecule has 2 aromatic rings. The van der Waals surface area contributed by atoms with E-state index in [-0.39, 0.29) is 41.2 Å². The van der Waals surface area contributed by atoms with Crippen LogP contribution >= 0.6 is 0 Å². The van der Waals surface area contributed by atoms with Gasteiger partial charge in [0.15, 0.2) is 5.78 Å². The highest BCUT2D eigenvalue weighted by atomic mass is 32.2. The summed E-state index contributed by atoms with van der Waals surface area (Å²) in [5.41, 5.74) is 1.09. The van der Waals surface area contributed by atoms with Crippen molar-refractivity contribution < 1.29 is 27.5 Å². The number of likely N-dealkylation sites (tertiary alicyclic amines) is 1. The first-order valence-electron chi connectivity index (χ1n) is 11.3. The molecule has 1 N–H and O–H groups in total. The van der Waals surface area contributed by atoms with E-state index in [1.807, 2.05) is 0 Å². The number of benzene rings is 2. The summed E-state index contributed by atoms with van der Waals surface area (Å²) in [4.78, 5) is 15.0. The zero-order valence-corrected chi connectivity index (χ0v) is 19.8. The predicted octanol–water partition coefficient (Wildman–Crippen LogP) is 3.00. The molecule has 0 saturated carbocycles. The van der Waals surface area contributed by atoms with Crippen molar-refractivity contribution >= 4 is 21.5 Å². The van der Waals surface area contributed by atoms with Gasteiger partial charge in [0, 0.05) is 18.0 Å². The lowest BCUT2D eigenvalue weighted by molar-refractivity contribution is 0.0838. The van der Waals surface area contributed by atoms with E-state index in [1.165, 1.54) is 41.7 Å². The van der Waals surface area contributed by atoms with Crippen LogP contribution in [0.15, 0.2) is 52.5 Å². The minimum Gasteiger partial charge on any atom is -0.496 e. The highest BCUT2D eigenvalue weighted by molar-refractivity contribution is 7.89. The van der Waals surface area contributed by atoms with Crippen LogP contribution in [0.25, 0.3) is 0 Å². The number of nitrogens with zero attached hydrogens (tertiary/aromatic N) is 3. The molecule has 182 valence electrons. The van der Waals surface area contributed by atoms with Gasteiger partial charge in [-0.3, -0.25) is 4.79 Å². The normalized spacial score (nSPS) is 20.2. The fourth-order valence-electron chi connectivity index (χ4n) is 4.67. The number of methoxy groups -OCH3 is 1. The molecule has 0 aromatic heterocycles. The van der Waals surface area contributed by atoms with Gasteiger partial charge in [-0.1, -0.05) is 11.2 Å². The average molecular weight is 490 g/mol. The van der Waals surface area contributed by atoms with Crippen molar-refractivity contribution in [2.75, 3.05) is 39.8 Å². The first-order valence-corrected chi connectivity index (χ1v) is 12.7. The molecule has 0 amide bonds. The molecule has 8 nitrogen and oxygen atoms in total. The molecule has 1 saturated heterocycles. The first-order chi connectivity index (χ1) is 16.3. The van der Waals surface area contributed by atoms with E-state index in [4.69, 9.17) is 4.74 Å². The van der Waals surface area contributed by atoms with Gasteiger partial charge in [-0.25, -0.2) is 12.8 Å². The Morgan fingerprint density at radius 2 is 1.85 bits per heavy atom. The zero-order chi connectivity index (χ0) is 24.3. The van der Waals surface area contributed by atoms with Crippen molar-refractivity contribution in [1.29, 1.82) is 0 Å². The number of Topliss-reactive ketones (excluding diaryl/α,β-unsaturated/α-hetero) is 1. The molecule has 2 aliphatic heterocycles. The minimum absolute atomic E-state index is 0.0273. The Bertz CT molecular complexity index is 1180. The Morgan fingerprint density at radius 1 is 1.15 bits per heavy atom. The standard InChI is InChI=1S/C24H28FN3O5S/c1-33-21-4-2-5-22-23(21)20(26-30)16-28(34(22,31)32)13-3-12-27-14-10-18(11-15-27)24(29)17-6-8-19(25)9-7-17/h2,4-9,18,30H,3,10-16H2,1H3. The summed E-state index contributed by atoms with van der Waals surface area (Å²) in [5, 5.41) is 12.8. The van der Waals surface area contributed by atoms with Gasteiger partial charge in [0.05, 0.1) is 24.1 Å². The molecule has 34 heavy (non-hydrogen) atoms. The third-order valence-electron chi connectivity index (χ3n) is 6.53. The van der Waals surface area contributed by atoms with E-state index in [1.54, 1.807) is 12.1 Å². The van der Waals surface area contributed by atoms with Crippen molar-refractivity contribution in [3.63, 3.8) is 0 Å². The lowest BCUT2D eigenvalue weighted by Gasteiger charge is -2.33. The Labute approximate surface area is 198 Å². The summed E-state index contributed by atoms with van der Waals surface area (Å²) in [5.74, 6) is -0.0448. The topological polar surface area (TPSA) is 99.5 Å². The van der Waals surface area contributed by atoms with E-state index < -0.39 is 10.0 Å². The number of carbonyl (C=O) groups is 1. The van der Waals surface area contributed by atoms with Gasteiger partial charge in [0.25, 0.3) is 0 Å².